The Balaban J connectivity index is 1.58. The van der Waals surface area contributed by atoms with Crippen LogP contribution in [0.25, 0.3) is 29.1 Å². The smallest absolute Gasteiger partial charge is 0.0702 e. The van der Waals surface area contributed by atoms with E-state index in [9.17, 15) is 0 Å². The summed E-state index contributed by atoms with van der Waals surface area (Å²) in [6, 6.07) is 31.4. The summed E-state index contributed by atoms with van der Waals surface area (Å²) in [6.45, 7) is 0. The van der Waals surface area contributed by atoms with Crippen molar-refractivity contribution in [3.8, 4) is 16.9 Å². The molecule has 0 aliphatic carbocycles. The molecule has 0 saturated carbocycles. The molecular weight excluding hydrogens is 392 g/mol. The van der Waals surface area contributed by atoms with Crippen LogP contribution in [-0.2, 0) is 0 Å². The molecule has 6 rings (SSSR count). The third kappa shape index (κ3) is 3.19. The Bertz CT molecular complexity index is 1420. The molecule has 32 heavy (non-hydrogen) atoms. The minimum atomic E-state index is 0.960. The van der Waals surface area contributed by atoms with E-state index in [1.54, 1.807) is 6.20 Å². The van der Waals surface area contributed by atoms with E-state index in [-0.39, 0.29) is 0 Å². The molecule has 0 spiro atoms. The predicted molar refractivity (Wildman–Crippen MR) is 130 cm³/mol. The Labute approximate surface area is 186 Å². The minimum absolute atomic E-state index is 0.960. The zero-order chi connectivity index (χ0) is 21.3. The molecule has 0 N–H and O–H groups in total. The predicted octanol–water partition coefficient (Wildman–Crippen LogP) is 6.89. The maximum atomic E-state index is 4.56. The van der Waals surface area contributed by atoms with Gasteiger partial charge in [0.2, 0.25) is 0 Å². The van der Waals surface area contributed by atoms with Crippen molar-refractivity contribution in [1.29, 1.82) is 0 Å². The minimum Gasteiger partial charge on any atom is -0.309 e. The third-order valence-corrected chi connectivity index (χ3v) is 5.71. The number of pyridine rings is 1. The highest BCUT2D eigenvalue weighted by atomic mass is 15.3. The first-order valence-electron chi connectivity index (χ1n) is 10.6. The van der Waals surface area contributed by atoms with E-state index in [4.69, 9.17) is 0 Å². The maximum absolute atomic E-state index is 4.56. The van der Waals surface area contributed by atoms with Gasteiger partial charge in [0.1, 0.15) is 0 Å². The van der Waals surface area contributed by atoms with E-state index in [1.807, 2.05) is 41.3 Å². The van der Waals surface area contributed by atoms with Crippen molar-refractivity contribution >= 4 is 29.2 Å². The monoisotopic (exact) mass is 412 g/mol. The van der Waals surface area contributed by atoms with Crippen molar-refractivity contribution in [3.05, 3.63) is 121 Å². The SMILES string of the molecule is C1=Cc2ccc(-c3ccccn3)cc2N(c2cccc(-n3cccn3)c2)c2ccccc21. The second-order valence-corrected chi connectivity index (χ2v) is 7.69. The highest BCUT2D eigenvalue weighted by molar-refractivity contribution is 5.94. The molecule has 3 aromatic carbocycles. The molecule has 0 bridgehead atoms. The van der Waals surface area contributed by atoms with Gasteiger partial charge in [-0.25, -0.2) is 4.68 Å². The fourth-order valence-electron chi connectivity index (χ4n) is 4.19. The number of aromatic nitrogens is 3. The second kappa shape index (κ2) is 7.67. The van der Waals surface area contributed by atoms with Crippen LogP contribution in [0.5, 0.6) is 0 Å². The molecule has 0 saturated heterocycles. The highest BCUT2D eigenvalue weighted by Crippen LogP contribution is 2.43. The summed E-state index contributed by atoms with van der Waals surface area (Å²) in [5.74, 6) is 0. The van der Waals surface area contributed by atoms with Crippen LogP contribution in [0.1, 0.15) is 11.1 Å². The van der Waals surface area contributed by atoms with E-state index in [0.29, 0.717) is 0 Å². The number of nitrogens with zero attached hydrogens (tertiary/aromatic N) is 4. The average Bonchev–Trinajstić information content (AvgIpc) is 3.34. The number of rotatable bonds is 3. The summed E-state index contributed by atoms with van der Waals surface area (Å²) >= 11 is 0. The molecular formula is C28H20N4. The lowest BCUT2D eigenvalue weighted by Gasteiger charge is -2.28. The Morgan fingerprint density at radius 3 is 2.28 bits per heavy atom. The molecule has 4 heteroatoms. The number of fused-ring (bicyclic) bond motifs is 2. The Morgan fingerprint density at radius 1 is 0.594 bits per heavy atom. The van der Waals surface area contributed by atoms with E-state index < -0.39 is 0 Å². The quantitative estimate of drug-likeness (QED) is 0.317. The molecule has 1 aliphatic heterocycles. The van der Waals surface area contributed by atoms with Crippen LogP contribution in [0.4, 0.5) is 17.1 Å². The normalized spacial score (nSPS) is 12.2. The van der Waals surface area contributed by atoms with Crippen LogP contribution >= 0.6 is 0 Å². The van der Waals surface area contributed by atoms with Gasteiger partial charge in [0, 0.05) is 29.8 Å². The lowest BCUT2D eigenvalue weighted by molar-refractivity contribution is 0.880. The van der Waals surface area contributed by atoms with Gasteiger partial charge in [-0.05, 0) is 59.7 Å². The Hall–Kier alpha value is -4.44. The molecule has 4 nitrogen and oxygen atoms in total. The van der Waals surface area contributed by atoms with Gasteiger partial charge in [-0.2, -0.15) is 5.10 Å². The van der Waals surface area contributed by atoms with Gasteiger partial charge < -0.3 is 4.90 Å². The topological polar surface area (TPSA) is 34.0 Å². The first-order chi connectivity index (χ1) is 15.9. The summed E-state index contributed by atoms with van der Waals surface area (Å²) in [6.07, 6.45) is 9.97. The van der Waals surface area contributed by atoms with Gasteiger partial charge in [0.25, 0.3) is 0 Å². The molecule has 3 heterocycles. The molecule has 2 aromatic heterocycles. The molecule has 0 fully saturated rings. The number of anilines is 3. The van der Waals surface area contributed by atoms with Crippen molar-refractivity contribution in [3.63, 3.8) is 0 Å². The number of para-hydroxylation sites is 1. The lowest BCUT2D eigenvalue weighted by Crippen LogP contribution is -2.12. The fraction of sp³-hybridized carbons (Fsp3) is 0. The van der Waals surface area contributed by atoms with Crippen LogP contribution in [-0.4, -0.2) is 14.8 Å². The van der Waals surface area contributed by atoms with E-state index in [0.717, 1.165) is 39.6 Å². The van der Waals surface area contributed by atoms with Crippen LogP contribution in [0, 0.1) is 0 Å². The number of hydrogen-bond donors (Lipinski definition) is 0. The van der Waals surface area contributed by atoms with Gasteiger partial charge in [-0.3, -0.25) is 4.98 Å². The summed E-state index contributed by atoms with van der Waals surface area (Å²) in [5.41, 5.74) is 8.73. The molecule has 152 valence electrons. The summed E-state index contributed by atoms with van der Waals surface area (Å²) in [5, 5.41) is 4.41. The molecule has 1 aliphatic rings. The van der Waals surface area contributed by atoms with Crippen molar-refractivity contribution < 1.29 is 0 Å². The Morgan fingerprint density at radius 2 is 1.44 bits per heavy atom. The summed E-state index contributed by atoms with van der Waals surface area (Å²) in [4.78, 5) is 6.89. The van der Waals surface area contributed by atoms with Gasteiger partial charge in [-0.1, -0.05) is 54.6 Å². The van der Waals surface area contributed by atoms with E-state index in [1.165, 1.54) is 5.56 Å². The van der Waals surface area contributed by atoms with Crippen LogP contribution < -0.4 is 4.90 Å². The maximum Gasteiger partial charge on any atom is 0.0702 e. The molecule has 0 radical (unpaired) electrons. The zero-order valence-corrected chi connectivity index (χ0v) is 17.3. The van der Waals surface area contributed by atoms with Crippen LogP contribution in [0.2, 0.25) is 0 Å². The zero-order valence-electron chi connectivity index (χ0n) is 17.3. The number of benzene rings is 3. The first kappa shape index (κ1) is 18.3. The van der Waals surface area contributed by atoms with Gasteiger partial charge in [0.15, 0.2) is 0 Å². The molecule has 0 amide bonds. The van der Waals surface area contributed by atoms with Gasteiger partial charge in [0.05, 0.1) is 22.8 Å². The highest BCUT2D eigenvalue weighted by Gasteiger charge is 2.21. The molecule has 0 atom stereocenters. The van der Waals surface area contributed by atoms with Crippen LogP contribution in [0.3, 0.4) is 0 Å². The molecule has 5 aromatic rings. The van der Waals surface area contributed by atoms with E-state index in [2.05, 4.69) is 93.9 Å². The standard InChI is InChI=1S/C28H20N4/c1-2-11-27-21(7-1)12-13-22-14-15-23(26-10-3-4-16-29-26)19-28(22)32(27)25-9-5-8-24(20-25)31-18-6-17-30-31/h1-20H. The number of hydrogen-bond acceptors (Lipinski definition) is 3. The van der Waals surface area contributed by atoms with Gasteiger partial charge >= 0.3 is 0 Å². The fourth-order valence-corrected chi connectivity index (χ4v) is 4.19. The van der Waals surface area contributed by atoms with Crippen molar-refractivity contribution in [1.82, 2.24) is 14.8 Å². The first-order valence-corrected chi connectivity index (χ1v) is 10.6. The summed E-state index contributed by atoms with van der Waals surface area (Å²) < 4.78 is 1.89. The van der Waals surface area contributed by atoms with Crippen molar-refractivity contribution in [2.45, 2.75) is 0 Å². The summed E-state index contributed by atoms with van der Waals surface area (Å²) in [7, 11) is 0. The average molecular weight is 412 g/mol. The Kier molecular flexibility index (Phi) is 4.40. The lowest BCUT2D eigenvalue weighted by atomic mass is 10.0. The van der Waals surface area contributed by atoms with Crippen molar-refractivity contribution in [2.24, 2.45) is 0 Å². The van der Waals surface area contributed by atoms with Crippen molar-refractivity contribution in [2.75, 3.05) is 4.90 Å². The van der Waals surface area contributed by atoms with Crippen LogP contribution in [0.15, 0.2) is 110 Å². The molecule has 0 unspecified atom stereocenters. The van der Waals surface area contributed by atoms with Gasteiger partial charge in [-0.15, -0.1) is 0 Å². The largest absolute Gasteiger partial charge is 0.309 e. The second-order valence-electron chi connectivity index (χ2n) is 7.69. The third-order valence-electron chi connectivity index (χ3n) is 5.71. The van der Waals surface area contributed by atoms with E-state index >= 15 is 0 Å².